The van der Waals surface area contributed by atoms with E-state index in [1.807, 2.05) is 13.8 Å². The van der Waals surface area contributed by atoms with Crippen LogP contribution < -0.4 is 4.74 Å². The maximum atomic E-state index is 13.9. The molecule has 1 atom stereocenters. The molecule has 2 aromatic rings. The van der Waals surface area contributed by atoms with Crippen molar-refractivity contribution in [1.82, 2.24) is 9.80 Å². The van der Waals surface area contributed by atoms with Crippen molar-refractivity contribution in [1.29, 1.82) is 0 Å². The first-order chi connectivity index (χ1) is 15.3. The molecule has 1 fully saturated rings. The number of halogens is 2. The van der Waals surface area contributed by atoms with Crippen LogP contribution in [0.5, 0.6) is 5.75 Å². The summed E-state index contributed by atoms with van der Waals surface area (Å²) in [5.74, 6) is -3.16. The summed E-state index contributed by atoms with van der Waals surface area (Å²) in [6.07, 6.45) is 0. The molecular formula is C24H26F2N2O4. The van der Waals surface area contributed by atoms with Gasteiger partial charge in [0, 0.05) is 13.1 Å². The van der Waals surface area contributed by atoms with Gasteiger partial charge in [0.2, 0.25) is 0 Å². The molecule has 1 amide bonds. The first-order valence-corrected chi connectivity index (χ1v) is 10.4. The minimum Gasteiger partial charge on any atom is -0.507 e. The number of methoxy groups -OCH3 is 1. The molecule has 0 saturated carbocycles. The van der Waals surface area contributed by atoms with Crippen LogP contribution in [0.25, 0.3) is 5.76 Å². The predicted octanol–water partition coefficient (Wildman–Crippen LogP) is 3.74. The molecule has 1 aliphatic rings. The van der Waals surface area contributed by atoms with Gasteiger partial charge in [-0.2, -0.15) is 0 Å². The molecule has 8 heteroatoms. The molecular weight excluding hydrogens is 418 g/mol. The lowest BCUT2D eigenvalue weighted by Gasteiger charge is -2.28. The van der Waals surface area contributed by atoms with Crippen molar-refractivity contribution in [2.24, 2.45) is 0 Å². The van der Waals surface area contributed by atoms with Crippen LogP contribution in [0.2, 0.25) is 0 Å². The Morgan fingerprint density at radius 3 is 2.28 bits per heavy atom. The molecule has 6 nitrogen and oxygen atoms in total. The van der Waals surface area contributed by atoms with Crippen LogP contribution in [0, 0.1) is 11.6 Å². The van der Waals surface area contributed by atoms with Gasteiger partial charge in [-0.3, -0.25) is 9.59 Å². The Balaban J connectivity index is 2.15. The molecule has 1 aliphatic heterocycles. The van der Waals surface area contributed by atoms with Gasteiger partial charge in [0.15, 0.2) is 0 Å². The Morgan fingerprint density at radius 1 is 1.06 bits per heavy atom. The highest BCUT2D eigenvalue weighted by atomic mass is 19.1. The molecule has 170 valence electrons. The SMILES string of the molecule is CCN(CC)CCN1C(=O)C(=O)/C(=C(/O)c2cc(F)ccc2OC)C1c1ccc(F)cc1. The van der Waals surface area contributed by atoms with Crippen molar-refractivity contribution in [3.8, 4) is 5.75 Å². The van der Waals surface area contributed by atoms with E-state index in [1.165, 1.54) is 42.3 Å². The second kappa shape index (κ2) is 9.91. The Hall–Kier alpha value is -3.26. The number of likely N-dealkylation sites (tertiary alicyclic amines) is 1. The summed E-state index contributed by atoms with van der Waals surface area (Å²) in [6.45, 7) is 6.26. The molecule has 0 aliphatic carbocycles. The number of carbonyl (C=O) groups excluding carboxylic acids is 2. The van der Waals surface area contributed by atoms with E-state index in [1.54, 1.807) is 0 Å². The monoisotopic (exact) mass is 444 g/mol. The van der Waals surface area contributed by atoms with E-state index in [4.69, 9.17) is 4.74 Å². The number of nitrogens with zero attached hydrogens (tertiary/aromatic N) is 2. The van der Waals surface area contributed by atoms with Crippen LogP contribution in [0.3, 0.4) is 0 Å². The van der Waals surface area contributed by atoms with E-state index in [-0.39, 0.29) is 23.4 Å². The lowest BCUT2D eigenvalue weighted by atomic mass is 9.95. The van der Waals surface area contributed by atoms with Gasteiger partial charge in [-0.15, -0.1) is 0 Å². The lowest BCUT2D eigenvalue weighted by Crippen LogP contribution is -2.38. The number of ether oxygens (including phenoxy) is 1. The van der Waals surface area contributed by atoms with Crippen LogP contribution in [0.4, 0.5) is 8.78 Å². The van der Waals surface area contributed by atoms with Crippen molar-refractivity contribution >= 4 is 17.4 Å². The minimum atomic E-state index is -0.945. The van der Waals surface area contributed by atoms with Crippen LogP contribution in [0.15, 0.2) is 48.0 Å². The number of likely N-dealkylation sites (N-methyl/N-ethyl adjacent to an activating group) is 1. The number of rotatable bonds is 8. The number of aliphatic hydroxyl groups excluding tert-OH is 1. The van der Waals surface area contributed by atoms with Crippen molar-refractivity contribution in [2.45, 2.75) is 19.9 Å². The van der Waals surface area contributed by atoms with Crippen LogP contribution >= 0.6 is 0 Å². The van der Waals surface area contributed by atoms with Crippen LogP contribution in [-0.4, -0.2) is 59.9 Å². The summed E-state index contributed by atoms with van der Waals surface area (Å²) in [5.41, 5.74) is 0.230. The largest absolute Gasteiger partial charge is 0.507 e. The zero-order chi connectivity index (χ0) is 23.4. The molecule has 32 heavy (non-hydrogen) atoms. The fourth-order valence-corrected chi connectivity index (χ4v) is 3.90. The maximum Gasteiger partial charge on any atom is 0.295 e. The zero-order valence-corrected chi connectivity index (χ0v) is 18.3. The highest BCUT2D eigenvalue weighted by molar-refractivity contribution is 6.46. The van der Waals surface area contributed by atoms with E-state index < -0.39 is 35.1 Å². The second-order valence-corrected chi connectivity index (χ2v) is 7.42. The van der Waals surface area contributed by atoms with E-state index in [2.05, 4.69) is 4.90 Å². The van der Waals surface area contributed by atoms with E-state index in [0.29, 0.717) is 12.1 Å². The van der Waals surface area contributed by atoms with Crippen LogP contribution in [-0.2, 0) is 9.59 Å². The van der Waals surface area contributed by atoms with Gasteiger partial charge in [-0.05, 0) is 49.0 Å². The number of carbonyl (C=O) groups is 2. The van der Waals surface area contributed by atoms with Gasteiger partial charge in [-0.25, -0.2) is 8.78 Å². The number of aliphatic hydroxyl groups is 1. The predicted molar refractivity (Wildman–Crippen MR) is 116 cm³/mol. The summed E-state index contributed by atoms with van der Waals surface area (Å²) in [5, 5.41) is 11.1. The van der Waals surface area contributed by atoms with Crippen molar-refractivity contribution in [3.63, 3.8) is 0 Å². The highest BCUT2D eigenvalue weighted by Gasteiger charge is 2.46. The van der Waals surface area contributed by atoms with E-state index in [0.717, 1.165) is 25.2 Å². The second-order valence-electron chi connectivity index (χ2n) is 7.42. The van der Waals surface area contributed by atoms with Gasteiger partial charge < -0.3 is 19.6 Å². The third-order valence-corrected chi connectivity index (χ3v) is 5.69. The fraction of sp³-hybridized carbons (Fsp3) is 0.333. The van der Waals surface area contributed by atoms with E-state index in [9.17, 15) is 23.5 Å². The zero-order valence-electron chi connectivity index (χ0n) is 18.3. The summed E-state index contributed by atoms with van der Waals surface area (Å²) >= 11 is 0. The number of hydrogen-bond acceptors (Lipinski definition) is 5. The fourth-order valence-electron chi connectivity index (χ4n) is 3.90. The molecule has 1 N–H and O–H groups in total. The summed E-state index contributed by atoms with van der Waals surface area (Å²) in [4.78, 5) is 29.4. The molecule has 0 aromatic heterocycles. The summed E-state index contributed by atoms with van der Waals surface area (Å²) in [6, 6.07) is 7.96. The normalized spacial score (nSPS) is 17.9. The maximum absolute atomic E-state index is 13.9. The molecule has 3 rings (SSSR count). The average Bonchev–Trinajstić information content (AvgIpc) is 3.04. The summed E-state index contributed by atoms with van der Waals surface area (Å²) < 4.78 is 32.7. The first-order valence-electron chi connectivity index (χ1n) is 10.4. The first kappa shape index (κ1) is 23.4. The van der Waals surface area contributed by atoms with Crippen molar-refractivity contribution in [3.05, 3.63) is 70.8 Å². The van der Waals surface area contributed by atoms with Crippen molar-refractivity contribution in [2.75, 3.05) is 33.3 Å². The van der Waals surface area contributed by atoms with Crippen molar-refractivity contribution < 1.29 is 28.2 Å². The Kier molecular flexibility index (Phi) is 7.25. The van der Waals surface area contributed by atoms with E-state index >= 15 is 0 Å². The number of ketones is 1. The molecule has 0 spiro atoms. The van der Waals surface area contributed by atoms with Gasteiger partial charge in [0.25, 0.3) is 11.7 Å². The quantitative estimate of drug-likeness (QED) is 0.382. The third kappa shape index (κ3) is 4.50. The highest BCUT2D eigenvalue weighted by Crippen LogP contribution is 2.41. The molecule has 1 heterocycles. The number of hydrogen-bond donors (Lipinski definition) is 1. The Labute approximate surface area is 185 Å². The lowest BCUT2D eigenvalue weighted by molar-refractivity contribution is -0.140. The molecule has 1 unspecified atom stereocenters. The number of amides is 1. The molecule has 1 saturated heterocycles. The molecule has 0 radical (unpaired) electrons. The third-order valence-electron chi connectivity index (χ3n) is 5.69. The van der Waals surface area contributed by atoms with Gasteiger partial charge >= 0.3 is 0 Å². The standard InChI is InChI=1S/C24H26F2N2O4/c1-4-27(5-2)12-13-28-21(15-6-8-16(25)9-7-15)20(23(30)24(28)31)22(29)18-14-17(26)10-11-19(18)32-3/h6-11,14,21,29H,4-5,12-13H2,1-3H3/b22-20+. The van der Waals surface area contributed by atoms with Gasteiger partial charge in [0.05, 0.1) is 24.3 Å². The minimum absolute atomic E-state index is 0.0404. The van der Waals surface area contributed by atoms with Gasteiger partial charge in [-0.1, -0.05) is 26.0 Å². The number of Topliss-reactive ketones (excluding diaryl/α,β-unsaturated/α-hetero) is 1. The topological polar surface area (TPSA) is 70.1 Å². The van der Waals surface area contributed by atoms with Gasteiger partial charge in [0.1, 0.15) is 23.1 Å². The molecule has 0 bridgehead atoms. The summed E-state index contributed by atoms with van der Waals surface area (Å²) in [7, 11) is 1.35. The van der Waals surface area contributed by atoms with Crippen LogP contribution in [0.1, 0.15) is 31.0 Å². The Morgan fingerprint density at radius 2 is 1.69 bits per heavy atom. The number of benzene rings is 2. The smallest absolute Gasteiger partial charge is 0.295 e. The average molecular weight is 444 g/mol. The Bertz CT molecular complexity index is 1030. The molecule has 2 aromatic carbocycles.